The van der Waals surface area contributed by atoms with Gasteiger partial charge in [0.05, 0.1) is 4.90 Å². The van der Waals surface area contributed by atoms with Gasteiger partial charge < -0.3 is 10.2 Å². The summed E-state index contributed by atoms with van der Waals surface area (Å²) in [6, 6.07) is 6.27. The molecule has 1 unspecified atom stereocenters. The molecule has 0 spiro atoms. The number of carbonyl (C=O) groups excluding carboxylic acids is 2. The predicted molar refractivity (Wildman–Crippen MR) is 120 cm³/mol. The van der Waals surface area contributed by atoms with Gasteiger partial charge in [-0.25, -0.2) is 8.42 Å². The number of likely N-dealkylation sites (tertiary alicyclic amines) is 1. The summed E-state index contributed by atoms with van der Waals surface area (Å²) in [6.45, 7) is 7.80. The van der Waals surface area contributed by atoms with Crippen LogP contribution >= 0.6 is 0 Å². The van der Waals surface area contributed by atoms with Gasteiger partial charge in [-0.1, -0.05) is 26.3 Å². The van der Waals surface area contributed by atoms with Gasteiger partial charge >= 0.3 is 0 Å². The molecule has 1 atom stereocenters. The second-order valence-corrected chi connectivity index (χ2v) is 11.1. The van der Waals surface area contributed by atoms with Crippen LogP contribution in [0.15, 0.2) is 29.2 Å². The van der Waals surface area contributed by atoms with Crippen LogP contribution < -0.4 is 5.32 Å². The first-order valence-electron chi connectivity index (χ1n) is 11.4. The molecule has 0 radical (unpaired) electrons. The normalized spacial score (nSPS) is 21.3. The van der Waals surface area contributed by atoms with Crippen LogP contribution in [0.3, 0.4) is 0 Å². The summed E-state index contributed by atoms with van der Waals surface area (Å²) in [6.07, 6.45) is 4.73. The number of benzene rings is 1. The molecular weight excluding hydrogens is 414 g/mol. The Bertz CT molecular complexity index is 892. The molecule has 2 heterocycles. The molecule has 1 N–H and O–H groups in total. The maximum atomic E-state index is 13.1. The number of hydrogen-bond donors (Lipinski definition) is 1. The molecule has 1 aromatic carbocycles. The van der Waals surface area contributed by atoms with Gasteiger partial charge in [-0.3, -0.25) is 9.59 Å². The highest BCUT2D eigenvalue weighted by Gasteiger charge is 2.31. The smallest absolute Gasteiger partial charge is 0.251 e. The molecule has 8 heteroatoms. The number of carbonyl (C=O) groups is 2. The van der Waals surface area contributed by atoms with Crippen LogP contribution in [-0.2, 0) is 14.8 Å². The van der Waals surface area contributed by atoms with Gasteiger partial charge in [-0.15, -0.1) is 0 Å². The van der Waals surface area contributed by atoms with Crippen LogP contribution in [-0.4, -0.2) is 61.2 Å². The average Bonchev–Trinajstić information content (AvgIpc) is 2.74. The van der Waals surface area contributed by atoms with Gasteiger partial charge in [-0.05, 0) is 56.7 Å². The van der Waals surface area contributed by atoms with E-state index in [1.165, 1.54) is 6.07 Å². The summed E-state index contributed by atoms with van der Waals surface area (Å²) in [5.41, 5.74) is 0.351. The number of nitrogens with one attached hydrogen (secondary N) is 1. The fourth-order valence-corrected chi connectivity index (χ4v) is 6.13. The molecule has 7 nitrogen and oxygen atoms in total. The second kappa shape index (κ2) is 10.1. The third-order valence-electron chi connectivity index (χ3n) is 6.21. The van der Waals surface area contributed by atoms with E-state index in [1.54, 1.807) is 22.5 Å². The minimum absolute atomic E-state index is 0.0158. The van der Waals surface area contributed by atoms with Crippen LogP contribution in [0.25, 0.3) is 0 Å². The van der Waals surface area contributed by atoms with Crippen molar-refractivity contribution >= 4 is 21.8 Å². The molecule has 2 fully saturated rings. The van der Waals surface area contributed by atoms with E-state index in [9.17, 15) is 18.0 Å². The van der Waals surface area contributed by atoms with E-state index in [2.05, 4.69) is 5.32 Å². The van der Waals surface area contributed by atoms with E-state index in [-0.39, 0.29) is 28.8 Å². The third-order valence-corrected chi connectivity index (χ3v) is 8.22. The lowest BCUT2D eigenvalue weighted by molar-refractivity contribution is -0.133. The van der Waals surface area contributed by atoms with Crippen molar-refractivity contribution in [3.8, 4) is 0 Å². The summed E-state index contributed by atoms with van der Waals surface area (Å²) in [5, 5.41) is 3.02. The van der Waals surface area contributed by atoms with Crippen molar-refractivity contribution in [2.75, 3.05) is 19.6 Å². The first-order valence-corrected chi connectivity index (χ1v) is 12.8. The predicted octanol–water partition coefficient (Wildman–Crippen LogP) is 3.02. The molecule has 0 saturated carbocycles. The Labute approximate surface area is 186 Å². The molecule has 0 bridgehead atoms. The number of hydrogen-bond acceptors (Lipinski definition) is 4. The number of piperidine rings is 2. The highest BCUT2D eigenvalue weighted by molar-refractivity contribution is 7.89. The first kappa shape index (κ1) is 23.7. The minimum Gasteiger partial charge on any atom is -0.349 e. The van der Waals surface area contributed by atoms with Crippen molar-refractivity contribution in [1.82, 2.24) is 14.5 Å². The van der Waals surface area contributed by atoms with Crippen molar-refractivity contribution in [3.05, 3.63) is 29.8 Å². The lowest BCUT2D eigenvalue weighted by atomic mass is 10.0. The maximum absolute atomic E-state index is 13.1. The lowest BCUT2D eigenvalue weighted by Gasteiger charge is -2.33. The van der Waals surface area contributed by atoms with E-state index < -0.39 is 10.0 Å². The Morgan fingerprint density at radius 1 is 1.10 bits per heavy atom. The number of rotatable bonds is 6. The number of sulfonamides is 1. The zero-order chi connectivity index (χ0) is 22.6. The van der Waals surface area contributed by atoms with Gasteiger partial charge in [0, 0.05) is 43.7 Å². The zero-order valence-electron chi connectivity index (χ0n) is 18.8. The molecular formula is C23H35N3O4S. The van der Waals surface area contributed by atoms with Crippen LogP contribution in [0.1, 0.15) is 69.7 Å². The van der Waals surface area contributed by atoms with Crippen molar-refractivity contribution in [2.24, 2.45) is 5.92 Å². The summed E-state index contributed by atoms with van der Waals surface area (Å²) in [4.78, 5) is 27.1. The molecule has 2 saturated heterocycles. The number of nitrogens with zero attached hydrogens (tertiary/aromatic N) is 2. The Morgan fingerprint density at radius 2 is 1.81 bits per heavy atom. The molecule has 2 amide bonds. The van der Waals surface area contributed by atoms with E-state index in [4.69, 9.17) is 0 Å². The lowest BCUT2D eigenvalue weighted by Crippen LogP contribution is -2.46. The van der Waals surface area contributed by atoms with Gasteiger partial charge in [0.25, 0.3) is 5.91 Å². The topological polar surface area (TPSA) is 86.8 Å². The zero-order valence-corrected chi connectivity index (χ0v) is 19.7. The summed E-state index contributed by atoms with van der Waals surface area (Å²) >= 11 is 0. The molecule has 3 rings (SSSR count). The van der Waals surface area contributed by atoms with Crippen molar-refractivity contribution < 1.29 is 18.0 Å². The Hall–Kier alpha value is -1.93. The van der Waals surface area contributed by atoms with E-state index in [0.29, 0.717) is 50.4 Å². The average molecular weight is 450 g/mol. The quantitative estimate of drug-likeness (QED) is 0.723. The van der Waals surface area contributed by atoms with Crippen LogP contribution in [0.2, 0.25) is 0 Å². The van der Waals surface area contributed by atoms with Gasteiger partial charge in [0.15, 0.2) is 0 Å². The van der Waals surface area contributed by atoms with Crippen molar-refractivity contribution in [1.29, 1.82) is 0 Å². The van der Waals surface area contributed by atoms with E-state index in [0.717, 1.165) is 19.3 Å². The minimum atomic E-state index is -3.62. The van der Waals surface area contributed by atoms with Crippen LogP contribution in [0.5, 0.6) is 0 Å². The molecule has 2 aliphatic heterocycles. The highest BCUT2D eigenvalue weighted by atomic mass is 32.2. The number of amides is 2. The first-order chi connectivity index (χ1) is 14.7. The fraction of sp³-hybridized carbons (Fsp3) is 0.652. The summed E-state index contributed by atoms with van der Waals surface area (Å²) in [7, 11) is -3.62. The fourth-order valence-electron chi connectivity index (χ4n) is 4.38. The molecule has 172 valence electrons. The standard InChI is InChI=1S/C23H35N3O4S/c1-17(2)15-22(27)25-13-10-20(11-14-25)24-23(28)19-8-6-9-21(16-19)31(29,30)26-12-5-4-7-18(26)3/h6,8-9,16-18,20H,4-5,7,10-15H2,1-3H3,(H,24,28). The van der Waals surface area contributed by atoms with Gasteiger partial charge in [0.2, 0.25) is 15.9 Å². The largest absolute Gasteiger partial charge is 0.349 e. The van der Waals surface area contributed by atoms with Crippen LogP contribution in [0.4, 0.5) is 0 Å². The second-order valence-electron chi connectivity index (χ2n) is 9.21. The molecule has 31 heavy (non-hydrogen) atoms. The summed E-state index contributed by atoms with van der Waals surface area (Å²) < 4.78 is 27.7. The van der Waals surface area contributed by atoms with Gasteiger partial charge in [0.1, 0.15) is 0 Å². The Balaban J connectivity index is 1.61. The maximum Gasteiger partial charge on any atom is 0.251 e. The van der Waals surface area contributed by atoms with Crippen molar-refractivity contribution in [3.63, 3.8) is 0 Å². The molecule has 0 aromatic heterocycles. The monoisotopic (exact) mass is 449 g/mol. The van der Waals surface area contributed by atoms with Crippen LogP contribution in [0, 0.1) is 5.92 Å². The SMILES string of the molecule is CC(C)CC(=O)N1CCC(NC(=O)c2cccc(S(=O)(=O)N3CCCCC3C)c2)CC1. The molecule has 0 aliphatic carbocycles. The third kappa shape index (κ3) is 5.86. The van der Waals surface area contributed by atoms with Gasteiger partial charge in [-0.2, -0.15) is 4.31 Å². The van der Waals surface area contributed by atoms with Crippen molar-refractivity contribution in [2.45, 2.75) is 76.3 Å². The highest BCUT2D eigenvalue weighted by Crippen LogP contribution is 2.25. The van der Waals surface area contributed by atoms with E-state index in [1.807, 2.05) is 25.7 Å². The Morgan fingerprint density at radius 3 is 2.45 bits per heavy atom. The Kier molecular flexibility index (Phi) is 7.75. The molecule has 1 aromatic rings. The molecule has 2 aliphatic rings. The summed E-state index contributed by atoms with van der Waals surface area (Å²) in [5.74, 6) is 0.238. The van der Waals surface area contributed by atoms with E-state index >= 15 is 0 Å².